The Hall–Kier alpha value is -3.80. The summed E-state index contributed by atoms with van der Waals surface area (Å²) in [7, 11) is 2.03. The minimum Gasteiger partial charge on any atom is -0.493 e. The number of rotatable bonds is 9. The molecule has 0 unspecified atom stereocenters. The molecule has 34 heavy (non-hydrogen) atoms. The van der Waals surface area contributed by atoms with Crippen molar-refractivity contribution in [3.8, 4) is 11.6 Å². The molecule has 1 fully saturated rings. The molecule has 1 aliphatic rings. The van der Waals surface area contributed by atoms with Crippen LogP contribution in [0.25, 0.3) is 5.82 Å². The number of para-hydroxylation sites is 1. The molecule has 180 valence electrons. The van der Waals surface area contributed by atoms with Gasteiger partial charge in [-0.05, 0) is 49.3 Å². The minimum atomic E-state index is -0.501. The SMILES string of the molecule is CCOc1ccccc1/C=N/NC(=O)c1nnn(-c2nonc2N)c1CN(C)C1CCCCC1. The van der Waals surface area contributed by atoms with Crippen molar-refractivity contribution in [3.05, 3.63) is 41.2 Å². The summed E-state index contributed by atoms with van der Waals surface area (Å²) in [5.41, 5.74) is 9.81. The van der Waals surface area contributed by atoms with E-state index >= 15 is 0 Å². The molecule has 0 radical (unpaired) electrons. The van der Waals surface area contributed by atoms with Crippen LogP contribution in [0.1, 0.15) is 60.8 Å². The highest BCUT2D eigenvalue weighted by molar-refractivity contribution is 5.94. The number of nitrogens with two attached hydrogens (primary N) is 1. The molecule has 1 aliphatic carbocycles. The van der Waals surface area contributed by atoms with Crippen LogP contribution in [0.4, 0.5) is 5.82 Å². The monoisotopic (exact) mass is 467 g/mol. The minimum absolute atomic E-state index is 0.0592. The number of anilines is 1. The van der Waals surface area contributed by atoms with Crippen molar-refractivity contribution in [2.45, 2.75) is 51.6 Å². The van der Waals surface area contributed by atoms with Gasteiger partial charge in [0.15, 0.2) is 5.69 Å². The van der Waals surface area contributed by atoms with Crippen molar-refractivity contribution in [3.63, 3.8) is 0 Å². The third-order valence-electron chi connectivity index (χ3n) is 5.86. The molecule has 0 aliphatic heterocycles. The summed E-state index contributed by atoms with van der Waals surface area (Å²) in [6.45, 7) is 2.85. The highest BCUT2D eigenvalue weighted by Crippen LogP contribution is 2.24. The lowest BCUT2D eigenvalue weighted by Gasteiger charge is -2.31. The molecule has 2 heterocycles. The highest BCUT2D eigenvalue weighted by Gasteiger charge is 2.27. The molecule has 4 rings (SSSR count). The van der Waals surface area contributed by atoms with Crippen LogP contribution in [0.15, 0.2) is 34.0 Å². The van der Waals surface area contributed by atoms with Gasteiger partial charge in [0.25, 0.3) is 5.91 Å². The predicted molar refractivity (Wildman–Crippen MR) is 125 cm³/mol. The highest BCUT2D eigenvalue weighted by atomic mass is 16.6. The molecule has 0 saturated heterocycles. The summed E-state index contributed by atoms with van der Waals surface area (Å²) < 4.78 is 11.7. The molecule has 12 heteroatoms. The first-order valence-corrected chi connectivity index (χ1v) is 11.4. The Morgan fingerprint density at radius 2 is 2.12 bits per heavy atom. The molecule has 1 amide bonds. The molecule has 0 bridgehead atoms. The summed E-state index contributed by atoms with van der Waals surface area (Å²) in [6.07, 6.45) is 7.38. The van der Waals surface area contributed by atoms with Crippen LogP contribution in [0.3, 0.4) is 0 Å². The summed E-state index contributed by atoms with van der Waals surface area (Å²) in [6, 6.07) is 7.84. The van der Waals surface area contributed by atoms with Crippen LogP contribution >= 0.6 is 0 Å². The first-order valence-electron chi connectivity index (χ1n) is 11.4. The van der Waals surface area contributed by atoms with Gasteiger partial charge < -0.3 is 10.5 Å². The zero-order chi connectivity index (χ0) is 23.9. The predicted octanol–water partition coefficient (Wildman–Crippen LogP) is 2.16. The van der Waals surface area contributed by atoms with E-state index in [1.807, 2.05) is 38.2 Å². The average molecular weight is 468 g/mol. The number of nitrogens with zero attached hydrogens (tertiary/aromatic N) is 7. The van der Waals surface area contributed by atoms with E-state index in [2.05, 4.69) is 36.1 Å². The number of carbonyl (C=O) groups is 1. The normalized spacial score (nSPS) is 14.7. The fourth-order valence-corrected chi connectivity index (χ4v) is 4.10. The maximum absolute atomic E-state index is 13.0. The van der Waals surface area contributed by atoms with Crippen molar-refractivity contribution < 1.29 is 14.2 Å². The van der Waals surface area contributed by atoms with Gasteiger partial charge in [0.1, 0.15) is 5.75 Å². The molecular formula is C22H29N9O3. The maximum atomic E-state index is 13.0. The summed E-state index contributed by atoms with van der Waals surface area (Å²) in [5, 5.41) is 19.7. The number of nitrogens with one attached hydrogen (secondary N) is 1. The van der Waals surface area contributed by atoms with E-state index < -0.39 is 5.91 Å². The zero-order valence-electron chi connectivity index (χ0n) is 19.3. The number of amides is 1. The molecular weight excluding hydrogens is 438 g/mol. The van der Waals surface area contributed by atoms with Gasteiger partial charge in [-0.15, -0.1) is 5.10 Å². The number of hydrogen-bond acceptors (Lipinski definition) is 10. The number of hydrazone groups is 1. The Bertz CT molecular complexity index is 1130. The molecule has 12 nitrogen and oxygen atoms in total. The van der Waals surface area contributed by atoms with E-state index in [4.69, 9.17) is 15.1 Å². The molecule has 3 aromatic rings. The number of hydrogen-bond donors (Lipinski definition) is 2. The molecule has 0 atom stereocenters. The Labute approximate surface area is 197 Å². The first kappa shape index (κ1) is 23.4. The quantitative estimate of drug-likeness (QED) is 0.356. The van der Waals surface area contributed by atoms with Gasteiger partial charge in [-0.25, -0.2) is 10.1 Å². The van der Waals surface area contributed by atoms with Crippen LogP contribution in [0.2, 0.25) is 0 Å². The van der Waals surface area contributed by atoms with E-state index in [-0.39, 0.29) is 17.3 Å². The van der Waals surface area contributed by atoms with Gasteiger partial charge in [-0.2, -0.15) is 9.78 Å². The van der Waals surface area contributed by atoms with Gasteiger partial charge in [0.05, 0.1) is 18.5 Å². The smallest absolute Gasteiger partial charge is 0.293 e. The number of carbonyl (C=O) groups excluding carboxylic acids is 1. The maximum Gasteiger partial charge on any atom is 0.293 e. The van der Waals surface area contributed by atoms with Crippen LogP contribution in [-0.2, 0) is 6.54 Å². The van der Waals surface area contributed by atoms with Gasteiger partial charge >= 0.3 is 0 Å². The molecule has 0 spiro atoms. The summed E-state index contributed by atoms with van der Waals surface area (Å²) in [4.78, 5) is 15.2. The number of aromatic nitrogens is 5. The fourth-order valence-electron chi connectivity index (χ4n) is 4.10. The van der Waals surface area contributed by atoms with E-state index in [1.54, 1.807) is 0 Å². The van der Waals surface area contributed by atoms with Gasteiger partial charge in [0, 0.05) is 18.2 Å². The lowest BCUT2D eigenvalue weighted by Crippen LogP contribution is -2.34. The molecule has 1 saturated carbocycles. The van der Waals surface area contributed by atoms with Crippen molar-refractivity contribution in [1.29, 1.82) is 0 Å². The molecule has 2 aromatic heterocycles. The Morgan fingerprint density at radius 3 is 2.85 bits per heavy atom. The van der Waals surface area contributed by atoms with E-state index in [1.165, 1.54) is 30.2 Å². The second-order valence-electron chi connectivity index (χ2n) is 8.15. The zero-order valence-corrected chi connectivity index (χ0v) is 19.3. The van der Waals surface area contributed by atoms with Crippen molar-refractivity contribution >= 4 is 17.9 Å². The summed E-state index contributed by atoms with van der Waals surface area (Å²) in [5.74, 6) is 0.424. The van der Waals surface area contributed by atoms with Gasteiger partial charge in [-0.3, -0.25) is 9.69 Å². The van der Waals surface area contributed by atoms with E-state index in [0.29, 0.717) is 30.6 Å². The van der Waals surface area contributed by atoms with Gasteiger partial charge in [0.2, 0.25) is 11.6 Å². The van der Waals surface area contributed by atoms with Crippen molar-refractivity contribution in [1.82, 2.24) is 35.6 Å². The third-order valence-corrected chi connectivity index (χ3v) is 5.86. The Balaban J connectivity index is 1.56. The fraction of sp³-hybridized carbons (Fsp3) is 0.455. The van der Waals surface area contributed by atoms with E-state index in [9.17, 15) is 4.79 Å². The standard InChI is InChI=1S/C22H29N9O3/c1-3-33-18-12-8-7-9-15(18)13-24-26-22(32)19-17(14-30(2)16-10-5-4-6-11-16)31(29-25-19)21-20(23)27-34-28-21/h7-9,12-13,16H,3-6,10-11,14H2,1-2H3,(H2,23,27)(H,26,32)/b24-13+. The van der Waals surface area contributed by atoms with Crippen LogP contribution < -0.4 is 15.9 Å². The van der Waals surface area contributed by atoms with Crippen LogP contribution in [0.5, 0.6) is 5.75 Å². The average Bonchev–Trinajstić information content (AvgIpc) is 3.46. The lowest BCUT2D eigenvalue weighted by atomic mass is 9.94. The third kappa shape index (κ3) is 5.22. The first-order chi connectivity index (χ1) is 16.6. The van der Waals surface area contributed by atoms with E-state index in [0.717, 1.165) is 18.4 Å². The number of ether oxygens (including phenoxy) is 1. The Morgan fingerprint density at radius 1 is 1.32 bits per heavy atom. The second kappa shape index (κ2) is 10.9. The second-order valence-corrected chi connectivity index (χ2v) is 8.15. The van der Waals surface area contributed by atoms with Crippen LogP contribution in [-0.4, -0.2) is 62.0 Å². The van der Waals surface area contributed by atoms with Crippen LogP contribution in [0, 0.1) is 0 Å². The topological polar surface area (TPSA) is 150 Å². The number of nitrogen functional groups attached to an aromatic ring is 1. The Kier molecular flexibility index (Phi) is 7.48. The van der Waals surface area contributed by atoms with Crippen molar-refractivity contribution in [2.75, 3.05) is 19.4 Å². The molecule has 3 N–H and O–H groups in total. The van der Waals surface area contributed by atoms with Gasteiger partial charge in [-0.1, -0.05) is 36.6 Å². The number of benzene rings is 1. The van der Waals surface area contributed by atoms with Crippen molar-refractivity contribution in [2.24, 2.45) is 5.10 Å². The molecule has 1 aromatic carbocycles. The summed E-state index contributed by atoms with van der Waals surface area (Å²) >= 11 is 0. The largest absolute Gasteiger partial charge is 0.493 e. The lowest BCUT2D eigenvalue weighted by molar-refractivity contribution is 0.0947.